The smallest absolute Gasteiger partial charge is 0.319 e. The molecule has 0 aliphatic heterocycles. The minimum Gasteiger partial charge on any atom is -0.375 e. The minimum atomic E-state index is -0.656. The zero-order chi connectivity index (χ0) is 17.8. The van der Waals surface area contributed by atoms with Crippen LogP contribution in [0.2, 0.25) is 5.02 Å². The molecule has 3 N–H and O–H groups in total. The number of carbonyl (C=O) groups is 2. The summed E-state index contributed by atoms with van der Waals surface area (Å²) in [5.74, 6) is -0.244. The molecule has 0 aliphatic rings. The summed E-state index contributed by atoms with van der Waals surface area (Å²) in [4.78, 5) is 25.9. The standard InChI is InChI=1S/C16H25ClN4O2/c1-10(14(22)20-16(2,3)4)18-15(23)19-12-9-7-8-11(17)13(12)21(5)6/h7-10H,1-6H3,(H,20,22)(H2,18,19,23)/t10-/m1/s1. The lowest BCUT2D eigenvalue weighted by atomic mass is 10.1. The Morgan fingerprint density at radius 1 is 1.22 bits per heavy atom. The van der Waals surface area contributed by atoms with Gasteiger partial charge in [0.25, 0.3) is 0 Å². The molecule has 1 aromatic rings. The summed E-state index contributed by atoms with van der Waals surface area (Å²) in [6.45, 7) is 7.28. The molecule has 3 amide bonds. The maximum atomic E-state index is 12.1. The molecule has 0 bridgehead atoms. The van der Waals surface area contributed by atoms with Crippen LogP contribution in [0.25, 0.3) is 0 Å². The summed E-state index contributed by atoms with van der Waals surface area (Å²) >= 11 is 6.16. The van der Waals surface area contributed by atoms with Crippen molar-refractivity contribution in [2.24, 2.45) is 0 Å². The number of amides is 3. The number of urea groups is 1. The van der Waals surface area contributed by atoms with Crippen molar-refractivity contribution in [3.8, 4) is 0 Å². The summed E-state index contributed by atoms with van der Waals surface area (Å²) < 4.78 is 0. The van der Waals surface area contributed by atoms with E-state index in [0.29, 0.717) is 16.4 Å². The molecule has 6 nitrogen and oxygen atoms in total. The molecule has 128 valence electrons. The van der Waals surface area contributed by atoms with Gasteiger partial charge in [-0.2, -0.15) is 0 Å². The van der Waals surface area contributed by atoms with Crippen molar-refractivity contribution in [3.05, 3.63) is 23.2 Å². The number of para-hydroxylation sites is 1. The first-order chi connectivity index (χ1) is 10.5. The van der Waals surface area contributed by atoms with Crippen molar-refractivity contribution in [2.45, 2.75) is 39.3 Å². The van der Waals surface area contributed by atoms with Crippen LogP contribution in [0, 0.1) is 0 Å². The van der Waals surface area contributed by atoms with Crippen LogP contribution in [0.4, 0.5) is 16.2 Å². The molecule has 0 aliphatic carbocycles. The highest BCUT2D eigenvalue weighted by molar-refractivity contribution is 6.34. The second-order valence-electron chi connectivity index (χ2n) is 6.59. The van der Waals surface area contributed by atoms with Gasteiger partial charge in [-0.15, -0.1) is 0 Å². The van der Waals surface area contributed by atoms with Gasteiger partial charge in [-0.25, -0.2) is 4.79 Å². The molecule has 1 atom stereocenters. The third-order valence-electron chi connectivity index (χ3n) is 2.92. The van der Waals surface area contributed by atoms with E-state index in [2.05, 4.69) is 16.0 Å². The van der Waals surface area contributed by atoms with E-state index in [0.717, 1.165) is 0 Å². The van der Waals surface area contributed by atoms with Crippen LogP contribution in [-0.4, -0.2) is 37.6 Å². The Morgan fingerprint density at radius 2 is 1.83 bits per heavy atom. The first-order valence-electron chi connectivity index (χ1n) is 7.36. The Kier molecular flexibility index (Phi) is 6.27. The van der Waals surface area contributed by atoms with Crippen LogP contribution >= 0.6 is 11.6 Å². The Bertz CT molecular complexity index is 582. The molecule has 0 radical (unpaired) electrons. The van der Waals surface area contributed by atoms with Gasteiger partial charge in [0, 0.05) is 19.6 Å². The topological polar surface area (TPSA) is 73.5 Å². The molecule has 23 heavy (non-hydrogen) atoms. The van der Waals surface area contributed by atoms with E-state index >= 15 is 0 Å². The monoisotopic (exact) mass is 340 g/mol. The third kappa shape index (κ3) is 5.98. The molecule has 0 spiro atoms. The summed E-state index contributed by atoms with van der Waals surface area (Å²) in [5, 5.41) is 8.69. The summed E-state index contributed by atoms with van der Waals surface area (Å²) in [6.07, 6.45) is 0. The van der Waals surface area contributed by atoms with Crippen LogP contribution in [0.15, 0.2) is 18.2 Å². The van der Waals surface area contributed by atoms with Crippen LogP contribution in [0.1, 0.15) is 27.7 Å². The van der Waals surface area contributed by atoms with Gasteiger partial charge in [0.05, 0.1) is 16.4 Å². The molecule has 1 aromatic carbocycles. The minimum absolute atomic E-state index is 0.244. The van der Waals surface area contributed by atoms with Crippen LogP contribution in [-0.2, 0) is 4.79 Å². The van der Waals surface area contributed by atoms with Gasteiger partial charge in [0.15, 0.2) is 0 Å². The van der Waals surface area contributed by atoms with Gasteiger partial charge >= 0.3 is 6.03 Å². The Labute approximate surface area is 142 Å². The quantitative estimate of drug-likeness (QED) is 0.789. The molecule has 0 heterocycles. The fourth-order valence-corrected chi connectivity index (χ4v) is 2.31. The van der Waals surface area contributed by atoms with E-state index < -0.39 is 12.1 Å². The zero-order valence-corrected chi connectivity index (χ0v) is 15.2. The summed E-state index contributed by atoms with van der Waals surface area (Å²) in [5.41, 5.74) is 0.925. The van der Waals surface area contributed by atoms with Crippen molar-refractivity contribution < 1.29 is 9.59 Å². The van der Waals surface area contributed by atoms with E-state index in [1.807, 2.05) is 39.8 Å². The van der Waals surface area contributed by atoms with Crippen molar-refractivity contribution in [2.75, 3.05) is 24.3 Å². The number of hydrogen-bond acceptors (Lipinski definition) is 3. The van der Waals surface area contributed by atoms with E-state index in [9.17, 15) is 9.59 Å². The zero-order valence-electron chi connectivity index (χ0n) is 14.5. The maximum Gasteiger partial charge on any atom is 0.319 e. The van der Waals surface area contributed by atoms with Gasteiger partial charge in [-0.05, 0) is 39.8 Å². The van der Waals surface area contributed by atoms with E-state index in [1.54, 1.807) is 25.1 Å². The average molecular weight is 341 g/mol. The normalized spacial score (nSPS) is 12.3. The lowest BCUT2D eigenvalue weighted by molar-refractivity contribution is -0.123. The Balaban J connectivity index is 2.75. The van der Waals surface area contributed by atoms with Gasteiger partial charge < -0.3 is 20.9 Å². The largest absolute Gasteiger partial charge is 0.375 e. The van der Waals surface area contributed by atoms with Crippen molar-refractivity contribution in [3.63, 3.8) is 0 Å². The van der Waals surface area contributed by atoms with Gasteiger partial charge in [-0.1, -0.05) is 17.7 Å². The lowest BCUT2D eigenvalue weighted by Crippen LogP contribution is -2.51. The van der Waals surface area contributed by atoms with Crippen LogP contribution in [0.3, 0.4) is 0 Å². The molecule has 0 fully saturated rings. The number of anilines is 2. The number of halogens is 1. The first kappa shape index (κ1) is 19.1. The Hall–Kier alpha value is -1.95. The Morgan fingerprint density at radius 3 is 2.35 bits per heavy atom. The molecular weight excluding hydrogens is 316 g/mol. The fourth-order valence-electron chi connectivity index (χ4n) is 1.97. The first-order valence-corrected chi connectivity index (χ1v) is 7.74. The molecule has 7 heteroatoms. The van der Waals surface area contributed by atoms with Crippen molar-refractivity contribution in [1.29, 1.82) is 0 Å². The maximum absolute atomic E-state index is 12.1. The number of rotatable bonds is 4. The van der Waals surface area contributed by atoms with Gasteiger partial charge in [0.2, 0.25) is 5.91 Å². The van der Waals surface area contributed by atoms with Crippen LogP contribution < -0.4 is 20.9 Å². The van der Waals surface area contributed by atoms with E-state index in [-0.39, 0.29) is 11.4 Å². The second-order valence-corrected chi connectivity index (χ2v) is 7.00. The molecule has 0 unspecified atom stereocenters. The number of nitrogens with one attached hydrogen (secondary N) is 3. The molecule has 1 rings (SSSR count). The molecule has 0 saturated heterocycles. The van der Waals surface area contributed by atoms with Crippen molar-refractivity contribution >= 4 is 34.9 Å². The number of nitrogens with zero attached hydrogens (tertiary/aromatic N) is 1. The SMILES string of the molecule is C[C@@H](NC(=O)Nc1cccc(Cl)c1N(C)C)C(=O)NC(C)(C)C. The van der Waals surface area contributed by atoms with Crippen LogP contribution in [0.5, 0.6) is 0 Å². The second kappa shape index (κ2) is 7.55. The highest BCUT2D eigenvalue weighted by atomic mass is 35.5. The number of hydrogen-bond donors (Lipinski definition) is 3. The number of carbonyl (C=O) groups excluding carboxylic acids is 2. The predicted octanol–water partition coefficient (Wildman–Crippen LogP) is 2.83. The third-order valence-corrected chi connectivity index (χ3v) is 3.23. The molecule has 0 aromatic heterocycles. The predicted molar refractivity (Wildman–Crippen MR) is 95.3 cm³/mol. The average Bonchev–Trinajstić information content (AvgIpc) is 2.35. The van der Waals surface area contributed by atoms with E-state index in [1.165, 1.54) is 0 Å². The van der Waals surface area contributed by atoms with Gasteiger partial charge in [0.1, 0.15) is 6.04 Å². The summed E-state index contributed by atoms with van der Waals surface area (Å²) in [7, 11) is 3.67. The highest BCUT2D eigenvalue weighted by Crippen LogP contribution is 2.32. The van der Waals surface area contributed by atoms with Crippen molar-refractivity contribution in [1.82, 2.24) is 10.6 Å². The number of benzene rings is 1. The molecular formula is C16H25ClN4O2. The lowest BCUT2D eigenvalue weighted by Gasteiger charge is -2.24. The summed E-state index contributed by atoms with van der Waals surface area (Å²) in [6, 6.07) is 4.13. The fraction of sp³-hybridized carbons (Fsp3) is 0.500. The highest BCUT2D eigenvalue weighted by Gasteiger charge is 2.21. The van der Waals surface area contributed by atoms with Gasteiger partial charge in [-0.3, -0.25) is 4.79 Å². The molecule has 0 saturated carbocycles. The van der Waals surface area contributed by atoms with E-state index in [4.69, 9.17) is 11.6 Å².